The van der Waals surface area contributed by atoms with E-state index in [0.717, 1.165) is 51.5 Å². The molecule has 1 aliphatic carbocycles. The number of carbonyl (C=O) groups is 1. The maximum absolute atomic E-state index is 13.5. The Kier molecular flexibility index (Phi) is 5.37. The van der Waals surface area contributed by atoms with E-state index >= 15 is 0 Å². The van der Waals surface area contributed by atoms with Crippen LogP contribution in [0, 0.1) is 17.3 Å². The van der Waals surface area contributed by atoms with E-state index in [1.165, 1.54) is 18.4 Å². The highest BCUT2D eigenvalue weighted by Gasteiger charge is 2.53. The van der Waals surface area contributed by atoms with E-state index < -0.39 is 0 Å². The molecule has 1 saturated carbocycles. The first-order chi connectivity index (χ1) is 14.7. The number of amides is 1. The van der Waals surface area contributed by atoms with Gasteiger partial charge < -0.3 is 10.2 Å². The van der Waals surface area contributed by atoms with Gasteiger partial charge in [-0.25, -0.2) is 9.97 Å². The zero-order valence-corrected chi connectivity index (χ0v) is 17.4. The van der Waals surface area contributed by atoms with E-state index in [-0.39, 0.29) is 17.2 Å². The average Bonchev–Trinajstić information content (AvgIpc) is 3.57. The summed E-state index contributed by atoms with van der Waals surface area (Å²) in [7, 11) is 0. The van der Waals surface area contributed by atoms with Crippen LogP contribution in [0.4, 0.5) is 5.95 Å². The van der Waals surface area contributed by atoms with Crippen LogP contribution in [0.3, 0.4) is 0 Å². The second-order valence-corrected chi connectivity index (χ2v) is 9.13. The third-order valence-corrected chi connectivity index (χ3v) is 6.96. The predicted octanol–water partition coefficient (Wildman–Crippen LogP) is 2.12. The smallest absolute Gasteiger partial charge is 0.228 e. The highest BCUT2D eigenvalue weighted by molar-refractivity contribution is 5.84. The van der Waals surface area contributed by atoms with E-state index in [1.54, 1.807) is 12.4 Å². The van der Waals surface area contributed by atoms with Gasteiger partial charge >= 0.3 is 0 Å². The van der Waals surface area contributed by atoms with Gasteiger partial charge in [-0.3, -0.25) is 14.7 Å². The lowest BCUT2D eigenvalue weighted by atomic mass is 9.74. The summed E-state index contributed by atoms with van der Waals surface area (Å²) in [5.74, 6) is 1.93. The van der Waals surface area contributed by atoms with Crippen molar-refractivity contribution in [1.82, 2.24) is 25.2 Å². The molecule has 7 nitrogen and oxygen atoms in total. The average molecular weight is 407 g/mol. The number of anilines is 1. The maximum Gasteiger partial charge on any atom is 0.228 e. The molecule has 0 bridgehead atoms. The SMILES string of the molecule is O=C(NCC1CC1)[C@]12CCCN(Cc3ccncc3)C[C@H]1CN(c1ncccn1)C2. The summed E-state index contributed by atoms with van der Waals surface area (Å²) in [5, 5.41) is 3.31. The monoisotopic (exact) mass is 406 g/mol. The summed E-state index contributed by atoms with van der Waals surface area (Å²) in [6.45, 7) is 5.21. The number of likely N-dealkylation sites (tertiary alicyclic amines) is 1. The zero-order chi connectivity index (χ0) is 20.4. The van der Waals surface area contributed by atoms with E-state index in [1.807, 2.05) is 18.5 Å². The molecule has 2 aliphatic heterocycles. The number of aromatic nitrogens is 3. The molecule has 1 N–H and O–H groups in total. The molecule has 3 aliphatic rings. The van der Waals surface area contributed by atoms with Gasteiger partial charge in [-0.2, -0.15) is 0 Å². The molecule has 0 radical (unpaired) electrons. The molecular weight excluding hydrogens is 376 g/mol. The summed E-state index contributed by atoms with van der Waals surface area (Å²) in [4.78, 5) is 31.3. The van der Waals surface area contributed by atoms with Crippen molar-refractivity contribution in [3.05, 3.63) is 48.5 Å². The van der Waals surface area contributed by atoms with Gasteiger partial charge in [0.15, 0.2) is 0 Å². The largest absolute Gasteiger partial charge is 0.355 e. The van der Waals surface area contributed by atoms with Crippen LogP contribution in [0.1, 0.15) is 31.2 Å². The van der Waals surface area contributed by atoms with Crippen molar-refractivity contribution in [1.29, 1.82) is 0 Å². The number of fused-ring (bicyclic) bond motifs is 1. The summed E-state index contributed by atoms with van der Waals surface area (Å²) in [6, 6.07) is 6.00. The Bertz CT molecular complexity index is 859. The Morgan fingerprint density at radius 3 is 2.70 bits per heavy atom. The molecule has 7 heteroatoms. The van der Waals surface area contributed by atoms with Crippen molar-refractivity contribution in [2.45, 2.75) is 32.2 Å². The lowest BCUT2D eigenvalue weighted by Crippen LogP contribution is -2.48. The first-order valence-electron chi connectivity index (χ1n) is 11.1. The normalized spacial score (nSPS) is 26.8. The van der Waals surface area contributed by atoms with Gasteiger partial charge in [0.2, 0.25) is 11.9 Å². The molecule has 30 heavy (non-hydrogen) atoms. The van der Waals surface area contributed by atoms with Crippen molar-refractivity contribution in [3.8, 4) is 0 Å². The van der Waals surface area contributed by atoms with Crippen LogP contribution < -0.4 is 10.2 Å². The molecule has 0 unspecified atom stereocenters. The third-order valence-electron chi connectivity index (χ3n) is 6.96. The lowest BCUT2D eigenvalue weighted by Gasteiger charge is -2.32. The summed E-state index contributed by atoms with van der Waals surface area (Å²) in [5.41, 5.74) is 0.915. The summed E-state index contributed by atoms with van der Waals surface area (Å²) in [6.07, 6.45) is 11.7. The molecule has 4 heterocycles. The number of carbonyl (C=O) groups excluding carboxylic acids is 1. The van der Waals surface area contributed by atoms with Gasteiger partial charge in [0, 0.05) is 63.4 Å². The van der Waals surface area contributed by atoms with Crippen molar-refractivity contribution < 1.29 is 4.79 Å². The van der Waals surface area contributed by atoms with E-state index in [9.17, 15) is 4.79 Å². The van der Waals surface area contributed by atoms with Crippen molar-refractivity contribution in [3.63, 3.8) is 0 Å². The topological polar surface area (TPSA) is 74.2 Å². The van der Waals surface area contributed by atoms with Crippen LogP contribution in [0.25, 0.3) is 0 Å². The van der Waals surface area contributed by atoms with Crippen LogP contribution in [0.5, 0.6) is 0 Å². The fraction of sp³-hybridized carbons (Fsp3) is 0.565. The summed E-state index contributed by atoms with van der Waals surface area (Å²) < 4.78 is 0. The second-order valence-electron chi connectivity index (χ2n) is 9.13. The molecule has 2 atom stereocenters. The molecule has 0 spiro atoms. The fourth-order valence-electron chi connectivity index (χ4n) is 5.11. The quantitative estimate of drug-likeness (QED) is 0.792. The maximum atomic E-state index is 13.5. The zero-order valence-electron chi connectivity index (χ0n) is 17.4. The first kappa shape index (κ1) is 19.4. The Morgan fingerprint density at radius 2 is 1.93 bits per heavy atom. The third kappa shape index (κ3) is 4.03. The standard InChI is InChI=1S/C23H30N6O/c30-21(27-13-18-3-4-18)23-7-1-12-28(14-19-5-10-24-11-6-19)15-20(23)16-29(17-23)22-25-8-2-9-26-22/h2,5-6,8-11,18,20H,1,3-4,7,12-17H2,(H,27,30)/t20-,23-/m0/s1. The van der Waals surface area contributed by atoms with Crippen molar-refractivity contribution >= 4 is 11.9 Å². The minimum absolute atomic E-state index is 0.239. The molecule has 1 amide bonds. The molecule has 3 fully saturated rings. The van der Waals surface area contributed by atoms with Crippen LogP contribution in [-0.2, 0) is 11.3 Å². The molecule has 2 saturated heterocycles. The number of nitrogens with zero attached hydrogens (tertiary/aromatic N) is 5. The van der Waals surface area contributed by atoms with E-state index in [4.69, 9.17) is 0 Å². The number of rotatable bonds is 6. The molecule has 2 aromatic heterocycles. The van der Waals surface area contributed by atoms with E-state index in [0.29, 0.717) is 12.5 Å². The van der Waals surface area contributed by atoms with Gasteiger partial charge in [-0.1, -0.05) is 0 Å². The van der Waals surface area contributed by atoms with E-state index in [2.05, 4.69) is 42.2 Å². The summed E-state index contributed by atoms with van der Waals surface area (Å²) >= 11 is 0. The minimum atomic E-state index is -0.360. The molecule has 0 aromatic carbocycles. The minimum Gasteiger partial charge on any atom is -0.355 e. The second kappa shape index (κ2) is 8.30. The Labute approximate surface area is 177 Å². The number of pyridine rings is 1. The Hall–Kier alpha value is -2.54. The van der Waals surface area contributed by atoms with Crippen LogP contribution in [0.15, 0.2) is 43.0 Å². The fourth-order valence-corrected chi connectivity index (χ4v) is 5.11. The van der Waals surface area contributed by atoms with Gasteiger partial charge in [0.25, 0.3) is 0 Å². The first-order valence-corrected chi connectivity index (χ1v) is 11.1. The van der Waals surface area contributed by atoms with Crippen LogP contribution >= 0.6 is 0 Å². The van der Waals surface area contributed by atoms with Crippen LogP contribution in [-0.4, -0.2) is 58.5 Å². The predicted molar refractivity (Wildman–Crippen MR) is 115 cm³/mol. The number of hydrogen-bond donors (Lipinski definition) is 1. The van der Waals surface area contributed by atoms with Crippen molar-refractivity contribution in [2.24, 2.45) is 17.3 Å². The van der Waals surface area contributed by atoms with Crippen LogP contribution in [0.2, 0.25) is 0 Å². The molecular formula is C23H30N6O. The van der Waals surface area contributed by atoms with Gasteiger partial charge in [0.1, 0.15) is 0 Å². The number of nitrogens with one attached hydrogen (secondary N) is 1. The van der Waals surface area contributed by atoms with Crippen molar-refractivity contribution in [2.75, 3.05) is 37.6 Å². The molecule has 2 aromatic rings. The van der Waals surface area contributed by atoms with Gasteiger partial charge in [-0.05, 0) is 61.9 Å². The molecule has 5 rings (SSSR count). The van der Waals surface area contributed by atoms with Gasteiger partial charge in [0.05, 0.1) is 5.41 Å². The highest BCUT2D eigenvalue weighted by atomic mass is 16.2. The molecule has 158 valence electrons. The lowest BCUT2D eigenvalue weighted by molar-refractivity contribution is -0.132. The Balaban J connectivity index is 1.37. The Morgan fingerprint density at radius 1 is 1.13 bits per heavy atom. The highest BCUT2D eigenvalue weighted by Crippen LogP contribution is 2.44. The number of hydrogen-bond acceptors (Lipinski definition) is 6. The van der Waals surface area contributed by atoms with Gasteiger partial charge in [-0.15, -0.1) is 0 Å².